The average molecular weight is 456 g/mol. The fourth-order valence-electron chi connectivity index (χ4n) is 3.33. The maximum Gasteiger partial charge on any atom is 0.242 e. The highest BCUT2D eigenvalue weighted by atomic mass is 16.5. The molecule has 0 aliphatic carbocycles. The number of methoxy groups -OCH3 is 1. The quantitative estimate of drug-likeness (QED) is 0.372. The third-order valence-corrected chi connectivity index (χ3v) is 5.19. The molecule has 0 saturated heterocycles. The number of aromatic nitrogens is 4. The molecule has 0 fully saturated rings. The van der Waals surface area contributed by atoms with Crippen molar-refractivity contribution in [2.24, 2.45) is 0 Å². The van der Waals surface area contributed by atoms with Gasteiger partial charge in [-0.05, 0) is 49.1 Å². The molecule has 1 N–H and O–H groups in total. The molecular weight excluding hydrogens is 422 g/mol. The Morgan fingerprint density at radius 2 is 1.85 bits per heavy atom. The number of rotatable bonds is 10. The van der Waals surface area contributed by atoms with Crippen LogP contribution in [0.1, 0.15) is 55.6 Å². The van der Waals surface area contributed by atoms with Crippen LogP contribution in [0.4, 0.5) is 0 Å². The van der Waals surface area contributed by atoms with E-state index in [1.54, 1.807) is 19.2 Å². The monoisotopic (exact) mass is 455 g/mol. The number of benzene rings is 1. The average Bonchev–Trinajstić information content (AvgIpc) is 3.05. The number of nitrogens with zero attached hydrogens (tertiary/aromatic N) is 4. The van der Waals surface area contributed by atoms with Gasteiger partial charge in [-0.1, -0.05) is 20.8 Å². The molecule has 0 saturated carbocycles. The van der Waals surface area contributed by atoms with Crippen LogP contribution in [0.5, 0.6) is 11.6 Å². The van der Waals surface area contributed by atoms with E-state index in [9.17, 15) is 4.79 Å². The molecule has 1 aromatic carbocycles. The van der Waals surface area contributed by atoms with Crippen LogP contribution >= 0.6 is 0 Å². The molecule has 9 heteroatoms. The summed E-state index contributed by atoms with van der Waals surface area (Å²) in [6, 6.07) is 7.41. The number of nitrogens with one attached hydrogen (secondary N) is 1. The number of hydrogen-bond donors (Lipinski definition) is 1. The summed E-state index contributed by atoms with van der Waals surface area (Å²) < 4.78 is 19.2. The molecule has 33 heavy (non-hydrogen) atoms. The Morgan fingerprint density at radius 1 is 1.09 bits per heavy atom. The van der Waals surface area contributed by atoms with Crippen molar-refractivity contribution in [3.05, 3.63) is 46.6 Å². The molecule has 3 aromatic rings. The zero-order chi connectivity index (χ0) is 24.2. The summed E-state index contributed by atoms with van der Waals surface area (Å²) in [5.41, 5.74) is 2.67. The Bertz CT molecular complexity index is 1190. The van der Waals surface area contributed by atoms with Crippen molar-refractivity contribution in [2.45, 2.75) is 53.0 Å². The van der Waals surface area contributed by atoms with Gasteiger partial charge in [0.1, 0.15) is 12.3 Å². The van der Waals surface area contributed by atoms with Gasteiger partial charge in [0.25, 0.3) is 0 Å². The summed E-state index contributed by atoms with van der Waals surface area (Å²) in [5, 5.41) is 17.2. The fraction of sp³-hybridized carbons (Fsp3) is 0.500. The lowest BCUT2D eigenvalue weighted by Crippen LogP contribution is -2.26. The van der Waals surface area contributed by atoms with Crippen LogP contribution in [0.3, 0.4) is 0 Å². The summed E-state index contributed by atoms with van der Waals surface area (Å²) in [4.78, 5) is 13.2. The van der Waals surface area contributed by atoms with Crippen molar-refractivity contribution in [1.82, 2.24) is 19.4 Å². The minimum absolute atomic E-state index is 0.00215. The second-order valence-corrected chi connectivity index (χ2v) is 8.93. The van der Waals surface area contributed by atoms with E-state index in [-0.39, 0.29) is 23.4 Å². The molecule has 9 nitrogen and oxygen atoms in total. The predicted octanol–water partition coefficient (Wildman–Crippen LogP) is 3.31. The van der Waals surface area contributed by atoms with E-state index < -0.39 is 0 Å². The number of ketones is 1. The number of ether oxygens (including phenoxy) is 3. The highest BCUT2D eigenvalue weighted by Gasteiger charge is 2.20. The molecule has 2 aromatic heterocycles. The van der Waals surface area contributed by atoms with Crippen molar-refractivity contribution in [2.75, 3.05) is 26.9 Å². The van der Waals surface area contributed by atoms with Crippen LogP contribution in [-0.2, 0) is 16.7 Å². The lowest BCUT2D eigenvalue weighted by Gasteiger charge is -2.21. The summed E-state index contributed by atoms with van der Waals surface area (Å²) in [6.45, 7) is 11.5. The summed E-state index contributed by atoms with van der Waals surface area (Å²) in [5.74, 6) is 0.931. The molecule has 0 aliphatic heterocycles. The molecular formula is C24H33N5O4. The van der Waals surface area contributed by atoms with Gasteiger partial charge in [0.2, 0.25) is 11.5 Å². The summed E-state index contributed by atoms with van der Waals surface area (Å²) >= 11 is 0. The fourth-order valence-corrected chi connectivity index (χ4v) is 3.33. The Labute approximate surface area is 193 Å². The number of carbonyl (C=O) groups excluding carboxylic acids is 1. The second kappa shape index (κ2) is 10.2. The standard InChI is InChI=1S/C24H33N5O4/c1-7-32-22-16(2)11-21-26-28(23(25)29(21)27-22)15-20(30)17-12-18(24(3,4)5)14-19(13-17)33-10-8-9-31-6/h11-14,25H,7-10,15H2,1-6H3. The summed E-state index contributed by atoms with van der Waals surface area (Å²) in [6.07, 6.45) is 0.759. The van der Waals surface area contributed by atoms with Gasteiger partial charge in [0.05, 0.1) is 13.2 Å². The van der Waals surface area contributed by atoms with Gasteiger partial charge < -0.3 is 14.2 Å². The molecule has 0 spiro atoms. The van der Waals surface area contributed by atoms with E-state index in [1.165, 1.54) is 9.20 Å². The SMILES string of the molecule is CCOc1nn2c(=N)n(CC(=O)c3cc(OCCCOC)cc(C(C)(C)C)c3)nc2cc1C. The first-order valence-corrected chi connectivity index (χ1v) is 11.1. The van der Waals surface area contributed by atoms with Crippen LogP contribution < -0.4 is 15.1 Å². The predicted molar refractivity (Wildman–Crippen MR) is 124 cm³/mol. The minimum Gasteiger partial charge on any atom is -0.493 e. The van der Waals surface area contributed by atoms with Crippen molar-refractivity contribution in [3.8, 4) is 11.6 Å². The number of carbonyl (C=O) groups is 1. The molecule has 0 bridgehead atoms. The lowest BCUT2D eigenvalue weighted by molar-refractivity contribution is 0.0964. The van der Waals surface area contributed by atoms with Gasteiger partial charge in [-0.25, -0.2) is 4.68 Å². The van der Waals surface area contributed by atoms with Gasteiger partial charge in [0, 0.05) is 31.3 Å². The normalized spacial score (nSPS) is 11.7. The largest absolute Gasteiger partial charge is 0.493 e. The molecule has 3 rings (SSSR count). The second-order valence-electron chi connectivity index (χ2n) is 8.93. The maximum atomic E-state index is 13.2. The van der Waals surface area contributed by atoms with Gasteiger partial charge in [-0.2, -0.15) is 4.52 Å². The molecule has 178 valence electrons. The Kier molecular flexibility index (Phi) is 7.53. The topological polar surface area (TPSA) is 104 Å². The first-order valence-electron chi connectivity index (χ1n) is 11.1. The van der Waals surface area contributed by atoms with Gasteiger partial charge in [0.15, 0.2) is 11.4 Å². The first-order chi connectivity index (χ1) is 15.6. The number of hydrogen-bond acceptors (Lipinski definition) is 7. The first kappa shape index (κ1) is 24.4. The third-order valence-electron chi connectivity index (χ3n) is 5.19. The van der Waals surface area contributed by atoms with Crippen molar-refractivity contribution >= 4 is 11.4 Å². The van der Waals surface area contributed by atoms with Crippen molar-refractivity contribution in [1.29, 1.82) is 5.41 Å². The van der Waals surface area contributed by atoms with Crippen molar-refractivity contribution in [3.63, 3.8) is 0 Å². The zero-order valence-corrected chi connectivity index (χ0v) is 20.3. The van der Waals surface area contributed by atoms with Crippen LogP contribution in [-0.4, -0.2) is 52.1 Å². The van der Waals surface area contributed by atoms with E-state index in [2.05, 4.69) is 31.0 Å². The molecule has 2 heterocycles. The Hall–Kier alpha value is -3.20. The Balaban J connectivity index is 1.90. The van der Waals surface area contributed by atoms with Gasteiger partial charge >= 0.3 is 0 Å². The molecule has 0 atom stereocenters. The highest BCUT2D eigenvalue weighted by molar-refractivity contribution is 5.96. The van der Waals surface area contributed by atoms with E-state index in [0.29, 0.717) is 42.7 Å². The van der Waals surface area contributed by atoms with E-state index >= 15 is 0 Å². The maximum absolute atomic E-state index is 13.2. The van der Waals surface area contributed by atoms with Crippen molar-refractivity contribution < 1.29 is 19.0 Å². The highest BCUT2D eigenvalue weighted by Crippen LogP contribution is 2.28. The van der Waals surface area contributed by atoms with E-state index in [0.717, 1.165) is 17.5 Å². The molecule has 0 aliphatic rings. The van der Waals surface area contributed by atoms with Gasteiger partial charge in [-0.15, -0.1) is 10.2 Å². The smallest absolute Gasteiger partial charge is 0.242 e. The summed E-state index contributed by atoms with van der Waals surface area (Å²) in [7, 11) is 1.66. The number of aryl methyl sites for hydroxylation is 1. The minimum atomic E-state index is -0.161. The molecule has 0 radical (unpaired) electrons. The van der Waals surface area contributed by atoms with Crippen LogP contribution in [0, 0.1) is 12.3 Å². The number of fused-ring (bicyclic) bond motifs is 1. The van der Waals surface area contributed by atoms with E-state index in [4.69, 9.17) is 19.6 Å². The van der Waals surface area contributed by atoms with E-state index in [1.807, 2.05) is 26.0 Å². The molecule has 0 amide bonds. The zero-order valence-electron chi connectivity index (χ0n) is 20.3. The van der Waals surface area contributed by atoms with Crippen LogP contribution in [0.15, 0.2) is 24.3 Å². The lowest BCUT2D eigenvalue weighted by atomic mass is 9.85. The van der Waals surface area contributed by atoms with Crippen LogP contribution in [0.2, 0.25) is 0 Å². The molecule has 0 unspecified atom stereocenters. The number of Topliss-reactive ketones (excluding diaryl/α,β-unsaturated/α-hetero) is 1. The Morgan fingerprint density at radius 3 is 2.52 bits per heavy atom. The van der Waals surface area contributed by atoms with Crippen LogP contribution in [0.25, 0.3) is 5.65 Å². The third kappa shape index (κ3) is 5.78. The van der Waals surface area contributed by atoms with Gasteiger partial charge in [-0.3, -0.25) is 10.2 Å².